The molecule has 0 saturated carbocycles. The molecule has 0 spiro atoms. The van der Waals surface area contributed by atoms with E-state index in [-0.39, 0.29) is 24.2 Å². The number of aryl methyl sites for hydroxylation is 2. The van der Waals surface area contributed by atoms with Crippen LogP contribution >= 0.6 is 11.6 Å². The first-order chi connectivity index (χ1) is 12.8. The van der Waals surface area contributed by atoms with Crippen molar-refractivity contribution in [2.24, 2.45) is 5.92 Å². The van der Waals surface area contributed by atoms with Crippen molar-refractivity contribution >= 4 is 34.8 Å². The van der Waals surface area contributed by atoms with Gasteiger partial charge in [-0.05, 0) is 48.6 Å². The van der Waals surface area contributed by atoms with Gasteiger partial charge in [-0.3, -0.25) is 9.59 Å². The summed E-state index contributed by atoms with van der Waals surface area (Å²) in [7, 11) is 0. The summed E-state index contributed by atoms with van der Waals surface area (Å²) in [5.74, 6) is -0.227. The number of nitrogens with one attached hydrogen (secondary N) is 1. The Labute approximate surface area is 165 Å². The first kappa shape index (κ1) is 19.4. The molecule has 1 saturated heterocycles. The molecule has 142 valence electrons. The molecule has 1 aliphatic rings. The van der Waals surface area contributed by atoms with E-state index in [1.165, 1.54) is 0 Å². The van der Waals surface area contributed by atoms with E-state index in [0.29, 0.717) is 23.2 Å². The third-order valence-corrected chi connectivity index (χ3v) is 5.35. The zero-order valence-electron chi connectivity index (χ0n) is 16.2. The van der Waals surface area contributed by atoms with Gasteiger partial charge in [-0.1, -0.05) is 49.7 Å². The van der Waals surface area contributed by atoms with Gasteiger partial charge in [0.05, 0.1) is 5.92 Å². The van der Waals surface area contributed by atoms with Gasteiger partial charge in [0.1, 0.15) is 0 Å². The van der Waals surface area contributed by atoms with Crippen LogP contribution in [0.2, 0.25) is 5.02 Å². The van der Waals surface area contributed by atoms with Crippen molar-refractivity contribution in [1.29, 1.82) is 0 Å². The number of benzene rings is 2. The first-order valence-electron chi connectivity index (χ1n) is 9.24. The molecule has 27 heavy (non-hydrogen) atoms. The monoisotopic (exact) mass is 384 g/mol. The van der Waals surface area contributed by atoms with Crippen molar-refractivity contribution in [1.82, 2.24) is 0 Å². The first-order valence-corrected chi connectivity index (χ1v) is 9.62. The maximum atomic E-state index is 12.8. The lowest BCUT2D eigenvalue weighted by atomic mass is 9.97. The van der Waals surface area contributed by atoms with Crippen LogP contribution in [0, 0.1) is 19.8 Å². The van der Waals surface area contributed by atoms with Crippen LogP contribution in [-0.2, 0) is 9.59 Å². The second kappa shape index (κ2) is 7.73. The number of hydrogen-bond acceptors (Lipinski definition) is 2. The number of para-hydroxylation sites is 1. The Morgan fingerprint density at radius 3 is 2.63 bits per heavy atom. The molecule has 4 nitrogen and oxygen atoms in total. The van der Waals surface area contributed by atoms with Gasteiger partial charge in [-0.2, -0.15) is 0 Å². The molecule has 2 amide bonds. The fraction of sp³-hybridized carbons (Fsp3) is 0.364. The second-order valence-electron chi connectivity index (χ2n) is 7.52. The van der Waals surface area contributed by atoms with Gasteiger partial charge in [0.2, 0.25) is 11.8 Å². The van der Waals surface area contributed by atoms with E-state index in [1.54, 1.807) is 17.0 Å². The lowest BCUT2D eigenvalue weighted by molar-refractivity contribution is -0.122. The van der Waals surface area contributed by atoms with Crippen molar-refractivity contribution < 1.29 is 9.59 Å². The van der Waals surface area contributed by atoms with Gasteiger partial charge in [-0.25, -0.2) is 0 Å². The van der Waals surface area contributed by atoms with E-state index in [0.717, 1.165) is 22.4 Å². The Morgan fingerprint density at radius 1 is 1.19 bits per heavy atom. The molecule has 1 unspecified atom stereocenters. The molecule has 0 aliphatic carbocycles. The van der Waals surface area contributed by atoms with Crippen LogP contribution in [0.1, 0.15) is 42.9 Å². The highest BCUT2D eigenvalue weighted by Crippen LogP contribution is 2.35. The van der Waals surface area contributed by atoms with Crippen LogP contribution in [-0.4, -0.2) is 18.4 Å². The number of nitrogens with zero attached hydrogens (tertiary/aromatic N) is 1. The number of anilines is 2. The topological polar surface area (TPSA) is 49.4 Å². The van der Waals surface area contributed by atoms with Crippen molar-refractivity contribution in [3.05, 3.63) is 58.1 Å². The van der Waals surface area contributed by atoms with Crippen LogP contribution in [0.3, 0.4) is 0 Å². The molecule has 2 aromatic carbocycles. The molecular weight excluding hydrogens is 360 g/mol. The predicted molar refractivity (Wildman–Crippen MR) is 111 cm³/mol. The van der Waals surface area contributed by atoms with Gasteiger partial charge >= 0.3 is 0 Å². The number of hydrogen-bond donors (Lipinski definition) is 1. The van der Waals surface area contributed by atoms with E-state index in [4.69, 9.17) is 11.6 Å². The molecule has 0 radical (unpaired) electrons. The van der Waals surface area contributed by atoms with Crippen LogP contribution in [0.15, 0.2) is 36.4 Å². The van der Waals surface area contributed by atoms with Gasteiger partial charge in [0.15, 0.2) is 0 Å². The Kier molecular flexibility index (Phi) is 5.56. The number of carbonyl (C=O) groups is 2. The molecule has 0 bridgehead atoms. The van der Waals surface area contributed by atoms with Crippen molar-refractivity contribution in [2.75, 3.05) is 16.8 Å². The third kappa shape index (κ3) is 4.01. The Bertz CT molecular complexity index is 892. The molecule has 1 heterocycles. The van der Waals surface area contributed by atoms with Crippen molar-refractivity contribution in [3.8, 4) is 0 Å². The smallest absolute Gasteiger partial charge is 0.229 e. The number of halogens is 1. The fourth-order valence-electron chi connectivity index (χ4n) is 3.58. The normalized spacial score (nSPS) is 16.9. The molecule has 1 aliphatic heterocycles. The van der Waals surface area contributed by atoms with Crippen LogP contribution in [0.25, 0.3) is 0 Å². The van der Waals surface area contributed by atoms with Gasteiger partial charge in [-0.15, -0.1) is 0 Å². The maximum absolute atomic E-state index is 12.8. The van der Waals surface area contributed by atoms with E-state index < -0.39 is 0 Å². The average molecular weight is 385 g/mol. The lowest BCUT2D eigenvalue weighted by Crippen LogP contribution is -2.29. The standard InChI is InChI=1S/C22H25ClN2O2/c1-13(2)18-7-5-6-15(4)21(18)25-12-16(10-20(25)26)22(27)24-19-11-17(23)9-8-14(19)3/h5-9,11,13,16H,10,12H2,1-4H3,(H,24,27). The van der Waals surface area contributed by atoms with Crippen molar-refractivity contribution in [3.63, 3.8) is 0 Å². The molecule has 0 aromatic heterocycles. The van der Waals surface area contributed by atoms with Crippen LogP contribution in [0.4, 0.5) is 11.4 Å². The van der Waals surface area contributed by atoms with Gasteiger partial charge in [0.25, 0.3) is 0 Å². The number of carbonyl (C=O) groups excluding carboxylic acids is 2. The molecule has 5 heteroatoms. The Morgan fingerprint density at radius 2 is 1.93 bits per heavy atom. The quantitative estimate of drug-likeness (QED) is 0.799. The Hall–Kier alpha value is -2.33. The minimum absolute atomic E-state index is 0.00540. The molecule has 3 rings (SSSR count). The minimum atomic E-state index is -0.379. The summed E-state index contributed by atoms with van der Waals surface area (Å²) in [5, 5.41) is 3.51. The van der Waals surface area contributed by atoms with Crippen LogP contribution < -0.4 is 10.2 Å². The molecular formula is C22H25ClN2O2. The summed E-state index contributed by atoms with van der Waals surface area (Å²) in [5.41, 5.74) is 4.77. The van der Waals surface area contributed by atoms with Crippen molar-refractivity contribution in [2.45, 2.75) is 40.0 Å². The number of amides is 2. The molecule has 1 atom stereocenters. The SMILES string of the molecule is Cc1ccc(Cl)cc1NC(=O)C1CC(=O)N(c2c(C)cccc2C(C)C)C1. The highest BCUT2D eigenvalue weighted by molar-refractivity contribution is 6.31. The van der Waals surface area contributed by atoms with E-state index in [2.05, 4.69) is 25.2 Å². The summed E-state index contributed by atoms with van der Waals surface area (Å²) >= 11 is 6.04. The Balaban J connectivity index is 1.82. The van der Waals surface area contributed by atoms with Crippen LogP contribution in [0.5, 0.6) is 0 Å². The fourth-order valence-corrected chi connectivity index (χ4v) is 3.75. The maximum Gasteiger partial charge on any atom is 0.229 e. The van der Waals surface area contributed by atoms with E-state index in [9.17, 15) is 9.59 Å². The summed E-state index contributed by atoms with van der Waals surface area (Å²) in [6.07, 6.45) is 0.220. The summed E-state index contributed by atoms with van der Waals surface area (Å²) in [6, 6.07) is 11.5. The zero-order chi connectivity index (χ0) is 19.7. The molecule has 2 aromatic rings. The third-order valence-electron chi connectivity index (χ3n) is 5.11. The molecule has 1 N–H and O–H groups in total. The highest BCUT2D eigenvalue weighted by Gasteiger charge is 2.36. The molecule has 1 fully saturated rings. The largest absolute Gasteiger partial charge is 0.325 e. The van der Waals surface area contributed by atoms with Gasteiger partial charge in [0, 0.05) is 29.4 Å². The summed E-state index contributed by atoms with van der Waals surface area (Å²) < 4.78 is 0. The summed E-state index contributed by atoms with van der Waals surface area (Å²) in [4.78, 5) is 27.3. The average Bonchev–Trinajstić information content (AvgIpc) is 2.99. The van der Waals surface area contributed by atoms with E-state index >= 15 is 0 Å². The predicted octanol–water partition coefficient (Wildman–Crippen LogP) is 5.07. The number of rotatable bonds is 4. The van der Waals surface area contributed by atoms with Gasteiger partial charge < -0.3 is 10.2 Å². The zero-order valence-corrected chi connectivity index (χ0v) is 16.9. The minimum Gasteiger partial charge on any atom is -0.325 e. The van der Waals surface area contributed by atoms with E-state index in [1.807, 2.05) is 32.0 Å². The highest BCUT2D eigenvalue weighted by atomic mass is 35.5. The lowest BCUT2D eigenvalue weighted by Gasteiger charge is -2.24. The second-order valence-corrected chi connectivity index (χ2v) is 7.96. The summed E-state index contributed by atoms with van der Waals surface area (Å²) in [6.45, 7) is 8.56.